The molecule has 1 saturated carbocycles. The molecule has 150 valence electrons. The number of hydrogen-bond acceptors (Lipinski definition) is 2. The van der Waals surface area contributed by atoms with E-state index >= 15 is 0 Å². The maximum absolute atomic E-state index is 10.6. The smallest absolute Gasteiger partial charge is 0.331 e. The van der Waals surface area contributed by atoms with Crippen LogP contribution in [0.2, 0.25) is 0 Å². The summed E-state index contributed by atoms with van der Waals surface area (Å²) in [4.78, 5) is 21.0. The highest BCUT2D eigenvalue weighted by molar-refractivity contribution is 5.88. The average Bonchev–Trinajstić information content (AvgIpc) is 2.53. The van der Waals surface area contributed by atoms with E-state index in [2.05, 4.69) is 27.7 Å². The van der Waals surface area contributed by atoms with Gasteiger partial charge in [-0.1, -0.05) is 59.5 Å². The molecule has 4 nitrogen and oxygen atoms in total. The van der Waals surface area contributed by atoms with E-state index in [1.54, 1.807) is 0 Å². The van der Waals surface area contributed by atoms with Gasteiger partial charge >= 0.3 is 11.9 Å². The molecule has 0 bridgehead atoms. The predicted octanol–water partition coefficient (Wildman–Crippen LogP) is 5.77. The van der Waals surface area contributed by atoms with Gasteiger partial charge in [-0.2, -0.15) is 0 Å². The van der Waals surface area contributed by atoms with Crippen LogP contribution in [0.25, 0.3) is 0 Å². The molecule has 1 atom stereocenters. The molecule has 4 heteroatoms. The minimum atomic E-state index is -0.735. The zero-order chi connectivity index (χ0) is 19.7. The van der Waals surface area contributed by atoms with Crippen LogP contribution < -0.4 is 0 Å². The summed E-state index contributed by atoms with van der Waals surface area (Å²) < 4.78 is 0. The van der Waals surface area contributed by atoms with Crippen molar-refractivity contribution in [1.29, 1.82) is 0 Å². The van der Waals surface area contributed by atoms with Crippen LogP contribution in [0.4, 0.5) is 0 Å². The second kappa shape index (κ2) is 11.4. The van der Waals surface area contributed by atoms with Gasteiger partial charge in [-0.15, -0.1) is 0 Å². The minimum absolute atomic E-state index is 0.0284. The first kappa shape index (κ1) is 22.7. The van der Waals surface area contributed by atoms with Crippen LogP contribution in [0, 0.1) is 29.6 Å². The molecule has 0 aromatic rings. The lowest BCUT2D eigenvalue weighted by atomic mass is 9.70. The van der Waals surface area contributed by atoms with Gasteiger partial charge in [-0.3, -0.25) is 4.79 Å². The highest BCUT2D eigenvalue weighted by Crippen LogP contribution is 2.39. The Hall–Kier alpha value is -1.32. The van der Waals surface area contributed by atoms with Gasteiger partial charge in [0.1, 0.15) is 0 Å². The fraction of sp³-hybridized carbons (Fsp3) is 0.818. The molecule has 0 aliphatic heterocycles. The Labute approximate surface area is 159 Å². The van der Waals surface area contributed by atoms with Crippen molar-refractivity contribution in [2.24, 2.45) is 29.6 Å². The Morgan fingerprint density at radius 3 is 1.81 bits per heavy atom. The first-order valence-corrected chi connectivity index (χ1v) is 10.5. The number of carboxylic acids is 2. The molecule has 0 radical (unpaired) electrons. The Bertz CT molecular complexity index is 469. The summed E-state index contributed by atoms with van der Waals surface area (Å²) in [5.41, 5.74) is 0.607. The number of hydrogen-bond donors (Lipinski definition) is 2. The van der Waals surface area contributed by atoms with Crippen molar-refractivity contribution >= 4 is 11.9 Å². The number of rotatable bonds is 10. The lowest BCUT2D eigenvalue weighted by Gasteiger charge is -2.34. The van der Waals surface area contributed by atoms with E-state index in [1.807, 2.05) is 6.08 Å². The zero-order valence-corrected chi connectivity index (χ0v) is 17.0. The predicted molar refractivity (Wildman–Crippen MR) is 105 cm³/mol. The molecule has 2 N–H and O–H groups in total. The van der Waals surface area contributed by atoms with Gasteiger partial charge in [0, 0.05) is 5.57 Å². The van der Waals surface area contributed by atoms with Gasteiger partial charge in [0.15, 0.2) is 0 Å². The quantitative estimate of drug-likeness (QED) is 0.515. The molecule has 2 aliphatic carbocycles. The molecule has 0 saturated heterocycles. The monoisotopic (exact) mass is 366 g/mol. The second-order valence-electron chi connectivity index (χ2n) is 8.17. The molecule has 0 spiro atoms. The molecule has 26 heavy (non-hydrogen) atoms. The standard InChI is InChI=1S/C11H20O2.C11H18O2/c2*1-3-8(4-2)5-9-6-10(7-9)11(12)13/h8-10H,3-7H2,1-2H3,(H,12,13);6,8-9H,3-5,7H2,1-2H3,(H,12,13). The third kappa shape index (κ3) is 7.13. The lowest BCUT2D eigenvalue weighted by molar-refractivity contribution is -0.146. The van der Waals surface area contributed by atoms with E-state index in [0.29, 0.717) is 17.4 Å². The van der Waals surface area contributed by atoms with Crippen LogP contribution in [-0.2, 0) is 9.59 Å². The molecule has 2 aliphatic rings. The van der Waals surface area contributed by atoms with Crippen molar-refractivity contribution in [2.75, 3.05) is 0 Å². The van der Waals surface area contributed by atoms with Gasteiger partial charge in [-0.05, 0) is 55.8 Å². The van der Waals surface area contributed by atoms with Crippen molar-refractivity contribution in [2.45, 2.75) is 85.5 Å². The van der Waals surface area contributed by atoms with Crippen molar-refractivity contribution in [3.05, 3.63) is 11.6 Å². The normalized spacial score (nSPS) is 24.2. The van der Waals surface area contributed by atoms with Crippen molar-refractivity contribution in [3.8, 4) is 0 Å². The number of carbonyl (C=O) groups is 2. The van der Waals surface area contributed by atoms with Gasteiger partial charge in [0.25, 0.3) is 0 Å². The molecule has 0 aromatic heterocycles. The summed E-state index contributed by atoms with van der Waals surface area (Å²) in [5.74, 6) is 1.47. The number of allylic oxidation sites excluding steroid dienone is 1. The molecule has 0 aromatic carbocycles. The van der Waals surface area contributed by atoms with E-state index in [1.165, 1.54) is 38.5 Å². The van der Waals surface area contributed by atoms with Gasteiger partial charge in [0.05, 0.1) is 5.92 Å². The summed E-state index contributed by atoms with van der Waals surface area (Å²) >= 11 is 0. The molecule has 1 fully saturated rings. The van der Waals surface area contributed by atoms with E-state index in [4.69, 9.17) is 10.2 Å². The summed E-state index contributed by atoms with van der Waals surface area (Å²) in [7, 11) is 0. The summed E-state index contributed by atoms with van der Waals surface area (Å²) in [6, 6.07) is 0. The SMILES string of the molecule is CCC(CC)CC1C=C(C(=O)O)C1.CCC(CC)CC1CC(C(=O)O)C1. The first-order valence-electron chi connectivity index (χ1n) is 10.5. The van der Waals surface area contributed by atoms with E-state index in [-0.39, 0.29) is 5.92 Å². The largest absolute Gasteiger partial charge is 0.481 e. The number of carboxylic acid groups (broad SMARTS) is 2. The zero-order valence-electron chi connectivity index (χ0n) is 17.0. The van der Waals surface area contributed by atoms with E-state index in [9.17, 15) is 9.59 Å². The fourth-order valence-electron chi connectivity index (χ4n) is 4.12. The maximum atomic E-state index is 10.6. The molecule has 0 heterocycles. The van der Waals surface area contributed by atoms with Crippen LogP contribution in [0.3, 0.4) is 0 Å². The average molecular weight is 367 g/mol. The molecule has 0 amide bonds. The van der Waals surface area contributed by atoms with Crippen molar-refractivity contribution in [1.82, 2.24) is 0 Å². The lowest BCUT2D eigenvalue weighted by Crippen LogP contribution is -2.31. The van der Waals surface area contributed by atoms with E-state index < -0.39 is 11.9 Å². The fourth-order valence-corrected chi connectivity index (χ4v) is 4.12. The Morgan fingerprint density at radius 2 is 1.42 bits per heavy atom. The molecular weight excluding hydrogens is 328 g/mol. The highest BCUT2D eigenvalue weighted by atomic mass is 16.4. The number of aliphatic carboxylic acids is 2. The topological polar surface area (TPSA) is 74.6 Å². The third-order valence-electron chi connectivity index (χ3n) is 6.39. The van der Waals surface area contributed by atoms with Crippen LogP contribution >= 0.6 is 0 Å². The van der Waals surface area contributed by atoms with Crippen molar-refractivity contribution in [3.63, 3.8) is 0 Å². The summed E-state index contributed by atoms with van der Waals surface area (Å²) in [6.45, 7) is 8.85. The summed E-state index contributed by atoms with van der Waals surface area (Å²) in [5, 5.41) is 17.3. The highest BCUT2D eigenvalue weighted by Gasteiger charge is 2.34. The van der Waals surface area contributed by atoms with Crippen LogP contribution in [0.1, 0.15) is 85.5 Å². The summed E-state index contributed by atoms with van der Waals surface area (Å²) in [6.07, 6.45) is 11.9. The minimum Gasteiger partial charge on any atom is -0.481 e. The van der Waals surface area contributed by atoms with Gasteiger partial charge < -0.3 is 10.2 Å². The van der Waals surface area contributed by atoms with Crippen LogP contribution in [0.5, 0.6) is 0 Å². The molecule has 1 unspecified atom stereocenters. The van der Waals surface area contributed by atoms with Gasteiger partial charge in [0.2, 0.25) is 0 Å². The van der Waals surface area contributed by atoms with Crippen LogP contribution in [-0.4, -0.2) is 22.2 Å². The van der Waals surface area contributed by atoms with Gasteiger partial charge in [-0.25, -0.2) is 4.79 Å². The molecule has 2 rings (SSSR count). The third-order valence-corrected chi connectivity index (χ3v) is 6.39. The second-order valence-corrected chi connectivity index (χ2v) is 8.17. The Morgan fingerprint density at radius 1 is 0.962 bits per heavy atom. The first-order chi connectivity index (χ1) is 12.3. The maximum Gasteiger partial charge on any atom is 0.331 e. The Balaban J connectivity index is 0.000000260. The molecular formula is C22H38O4. The van der Waals surface area contributed by atoms with E-state index in [0.717, 1.165) is 31.1 Å². The Kier molecular flexibility index (Phi) is 9.97. The van der Waals surface area contributed by atoms with Crippen LogP contribution in [0.15, 0.2) is 11.6 Å². The van der Waals surface area contributed by atoms with Crippen molar-refractivity contribution < 1.29 is 19.8 Å².